The van der Waals surface area contributed by atoms with Crippen molar-refractivity contribution in [2.24, 2.45) is 0 Å². The largest absolute Gasteiger partial charge is 0.392 e. The zero-order valence-corrected chi connectivity index (χ0v) is 7.41. The molecule has 0 spiro atoms. The Bertz CT molecular complexity index is 145. The van der Waals surface area contributed by atoms with Gasteiger partial charge >= 0.3 is 0 Å². The van der Waals surface area contributed by atoms with Crippen molar-refractivity contribution < 1.29 is 9.84 Å². The number of nitrogens with zero attached hydrogens (tertiary/aromatic N) is 1. The SMILES string of the molecule is O[C@H]1CCCN(C2CCOC2)C1. The third-order valence-electron chi connectivity index (χ3n) is 2.85. The van der Waals surface area contributed by atoms with Crippen LogP contribution in [-0.2, 0) is 4.74 Å². The number of β-amino-alcohol motifs (C(OH)–C–C–N with tert-alkyl or cyclic N) is 1. The Morgan fingerprint density at radius 2 is 2.25 bits per heavy atom. The van der Waals surface area contributed by atoms with Gasteiger partial charge in [0.2, 0.25) is 0 Å². The molecule has 1 unspecified atom stereocenters. The first-order valence-corrected chi connectivity index (χ1v) is 4.86. The molecule has 2 aliphatic heterocycles. The van der Waals surface area contributed by atoms with Crippen molar-refractivity contribution in [2.45, 2.75) is 31.4 Å². The van der Waals surface area contributed by atoms with E-state index in [4.69, 9.17) is 4.74 Å². The molecule has 0 amide bonds. The highest BCUT2D eigenvalue weighted by molar-refractivity contribution is 4.80. The van der Waals surface area contributed by atoms with E-state index in [9.17, 15) is 5.11 Å². The standard InChI is InChI=1S/C9H17NO2/c11-9-2-1-4-10(6-9)8-3-5-12-7-8/h8-9,11H,1-7H2/t8?,9-/m0/s1. The number of piperidine rings is 1. The van der Waals surface area contributed by atoms with Crippen LogP contribution in [0.2, 0.25) is 0 Å². The lowest BCUT2D eigenvalue weighted by atomic mass is 10.1. The lowest BCUT2D eigenvalue weighted by molar-refractivity contribution is 0.0422. The molecule has 3 heteroatoms. The highest BCUT2D eigenvalue weighted by Crippen LogP contribution is 2.18. The van der Waals surface area contributed by atoms with E-state index in [1.54, 1.807) is 0 Å². The molecular weight excluding hydrogens is 154 g/mol. The van der Waals surface area contributed by atoms with Crippen LogP contribution in [-0.4, -0.2) is 48.5 Å². The second-order valence-electron chi connectivity index (χ2n) is 3.81. The summed E-state index contributed by atoms with van der Waals surface area (Å²) in [4.78, 5) is 2.38. The Balaban J connectivity index is 1.85. The van der Waals surface area contributed by atoms with Gasteiger partial charge in [-0.2, -0.15) is 0 Å². The monoisotopic (exact) mass is 171 g/mol. The molecule has 0 aliphatic carbocycles. The molecule has 2 fully saturated rings. The Morgan fingerprint density at radius 1 is 1.33 bits per heavy atom. The van der Waals surface area contributed by atoms with Crippen LogP contribution in [0.25, 0.3) is 0 Å². The summed E-state index contributed by atoms with van der Waals surface area (Å²) in [6.07, 6.45) is 3.16. The van der Waals surface area contributed by atoms with Crippen molar-refractivity contribution in [3.05, 3.63) is 0 Å². The maximum Gasteiger partial charge on any atom is 0.0667 e. The molecular formula is C9H17NO2. The van der Waals surface area contributed by atoms with E-state index in [0.717, 1.165) is 45.6 Å². The van der Waals surface area contributed by atoms with E-state index in [1.807, 2.05) is 0 Å². The Hall–Kier alpha value is -0.120. The molecule has 2 heterocycles. The summed E-state index contributed by atoms with van der Waals surface area (Å²) in [7, 11) is 0. The highest BCUT2D eigenvalue weighted by atomic mass is 16.5. The maximum atomic E-state index is 9.46. The molecule has 0 saturated carbocycles. The van der Waals surface area contributed by atoms with Crippen LogP contribution in [0, 0.1) is 0 Å². The van der Waals surface area contributed by atoms with Crippen molar-refractivity contribution >= 4 is 0 Å². The molecule has 0 aromatic carbocycles. The molecule has 2 saturated heterocycles. The van der Waals surface area contributed by atoms with Crippen molar-refractivity contribution in [2.75, 3.05) is 26.3 Å². The maximum absolute atomic E-state index is 9.46. The minimum Gasteiger partial charge on any atom is -0.392 e. The van der Waals surface area contributed by atoms with Crippen molar-refractivity contribution in [1.82, 2.24) is 4.90 Å². The number of ether oxygens (including phenoxy) is 1. The summed E-state index contributed by atoms with van der Waals surface area (Å²) in [5, 5.41) is 9.46. The minimum atomic E-state index is -0.0978. The van der Waals surface area contributed by atoms with Gasteiger partial charge < -0.3 is 9.84 Å². The average Bonchev–Trinajstić information content (AvgIpc) is 2.56. The van der Waals surface area contributed by atoms with Crippen molar-refractivity contribution in [3.8, 4) is 0 Å². The normalized spacial score (nSPS) is 38.8. The van der Waals surface area contributed by atoms with Gasteiger partial charge in [-0.15, -0.1) is 0 Å². The molecule has 1 N–H and O–H groups in total. The first-order valence-electron chi connectivity index (χ1n) is 4.86. The zero-order valence-electron chi connectivity index (χ0n) is 7.41. The van der Waals surface area contributed by atoms with E-state index in [1.165, 1.54) is 0 Å². The molecule has 2 rings (SSSR count). The average molecular weight is 171 g/mol. The number of aliphatic hydroxyl groups is 1. The Kier molecular flexibility index (Phi) is 2.63. The fourth-order valence-electron chi connectivity index (χ4n) is 2.12. The summed E-state index contributed by atoms with van der Waals surface area (Å²) in [5.74, 6) is 0. The van der Waals surface area contributed by atoms with Gasteiger partial charge in [-0.25, -0.2) is 0 Å². The van der Waals surface area contributed by atoms with Gasteiger partial charge in [0.1, 0.15) is 0 Å². The Labute approximate surface area is 73.3 Å². The predicted octanol–water partition coefficient (Wildman–Crippen LogP) is 0.232. The van der Waals surface area contributed by atoms with E-state index in [2.05, 4.69) is 4.90 Å². The van der Waals surface area contributed by atoms with Crippen LogP contribution in [0.4, 0.5) is 0 Å². The van der Waals surface area contributed by atoms with E-state index < -0.39 is 0 Å². The lowest BCUT2D eigenvalue weighted by Crippen LogP contribution is -2.44. The molecule has 2 atom stereocenters. The van der Waals surface area contributed by atoms with Gasteiger partial charge in [0.25, 0.3) is 0 Å². The van der Waals surface area contributed by atoms with Gasteiger partial charge in [0.15, 0.2) is 0 Å². The van der Waals surface area contributed by atoms with Crippen LogP contribution >= 0.6 is 0 Å². The zero-order chi connectivity index (χ0) is 8.39. The van der Waals surface area contributed by atoms with Crippen LogP contribution in [0.1, 0.15) is 19.3 Å². The van der Waals surface area contributed by atoms with Crippen LogP contribution in [0.5, 0.6) is 0 Å². The van der Waals surface area contributed by atoms with E-state index in [-0.39, 0.29) is 6.10 Å². The summed E-state index contributed by atoms with van der Waals surface area (Å²) in [6, 6.07) is 0.583. The van der Waals surface area contributed by atoms with Crippen molar-refractivity contribution in [3.63, 3.8) is 0 Å². The van der Waals surface area contributed by atoms with Gasteiger partial charge in [-0.1, -0.05) is 0 Å². The molecule has 2 aliphatic rings. The second-order valence-corrected chi connectivity index (χ2v) is 3.81. The lowest BCUT2D eigenvalue weighted by Gasteiger charge is -2.33. The molecule has 0 aromatic rings. The molecule has 3 nitrogen and oxygen atoms in total. The third-order valence-corrected chi connectivity index (χ3v) is 2.85. The fraction of sp³-hybridized carbons (Fsp3) is 1.00. The number of hydrogen-bond donors (Lipinski definition) is 1. The minimum absolute atomic E-state index is 0.0978. The van der Waals surface area contributed by atoms with Crippen LogP contribution in [0.3, 0.4) is 0 Å². The Morgan fingerprint density at radius 3 is 2.92 bits per heavy atom. The van der Waals surface area contributed by atoms with Gasteiger partial charge in [-0.3, -0.25) is 4.90 Å². The van der Waals surface area contributed by atoms with Gasteiger partial charge in [0.05, 0.1) is 12.7 Å². The van der Waals surface area contributed by atoms with Gasteiger partial charge in [-0.05, 0) is 25.8 Å². The summed E-state index contributed by atoms with van der Waals surface area (Å²) >= 11 is 0. The summed E-state index contributed by atoms with van der Waals surface area (Å²) in [5.41, 5.74) is 0. The number of hydrogen-bond acceptors (Lipinski definition) is 3. The fourth-order valence-corrected chi connectivity index (χ4v) is 2.12. The van der Waals surface area contributed by atoms with E-state index in [0.29, 0.717) is 6.04 Å². The first-order chi connectivity index (χ1) is 5.86. The number of rotatable bonds is 1. The quantitative estimate of drug-likeness (QED) is 0.613. The second kappa shape index (κ2) is 3.73. The topological polar surface area (TPSA) is 32.7 Å². The number of likely N-dealkylation sites (tertiary alicyclic amines) is 1. The molecule has 12 heavy (non-hydrogen) atoms. The molecule has 0 aromatic heterocycles. The summed E-state index contributed by atoms with van der Waals surface area (Å²) < 4.78 is 5.32. The van der Waals surface area contributed by atoms with E-state index >= 15 is 0 Å². The van der Waals surface area contributed by atoms with Crippen molar-refractivity contribution in [1.29, 1.82) is 0 Å². The molecule has 0 radical (unpaired) electrons. The number of aliphatic hydroxyl groups excluding tert-OH is 1. The summed E-state index contributed by atoms with van der Waals surface area (Å²) in [6.45, 7) is 3.77. The first kappa shape index (κ1) is 8.48. The smallest absolute Gasteiger partial charge is 0.0667 e. The third kappa shape index (κ3) is 1.79. The van der Waals surface area contributed by atoms with Crippen LogP contribution < -0.4 is 0 Å². The molecule has 0 bridgehead atoms. The predicted molar refractivity (Wildman–Crippen MR) is 46.0 cm³/mol. The molecule has 70 valence electrons. The van der Waals surface area contributed by atoms with Gasteiger partial charge in [0, 0.05) is 19.2 Å². The van der Waals surface area contributed by atoms with Crippen LogP contribution in [0.15, 0.2) is 0 Å². The highest BCUT2D eigenvalue weighted by Gasteiger charge is 2.27.